The van der Waals surface area contributed by atoms with Gasteiger partial charge in [0.15, 0.2) is 5.69 Å². The Kier molecular flexibility index (Phi) is 3.08. The van der Waals surface area contributed by atoms with Crippen LogP contribution in [-0.2, 0) is 0 Å². The first-order chi connectivity index (χ1) is 8.91. The normalized spacial score (nSPS) is 10.4. The number of rotatable bonds is 3. The Morgan fingerprint density at radius 2 is 1.84 bits per heavy atom. The van der Waals surface area contributed by atoms with Gasteiger partial charge < -0.3 is 10.2 Å². The summed E-state index contributed by atoms with van der Waals surface area (Å²) in [6, 6.07) is 5.48. The lowest BCUT2D eigenvalue weighted by Crippen LogP contribution is -2.06. The first kappa shape index (κ1) is 12.8. The average molecular weight is 260 g/mol. The maximum Gasteiger partial charge on any atom is 0.357 e. The monoisotopic (exact) mass is 260 g/mol. The fraction of sp³-hybridized carbons (Fsp3) is 0.154. The van der Waals surface area contributed by atoms with Crippen LogP contribution in [0.2, 0.25) is 0 Å². The van der Waals surface area contributed by atoms with Crippen molar-refractivity contribution in [2.45, 2.75) is 13.8 Å². The number of nitrogens with zero attached hydrogens (tertiary/aromatic N) is 2. The molecule has 2 rings (SSSR count). The SMILES string of the molecule is Cc1cccc(-n2cc(C(=O)O)c(C(=O)O)n2)c1C. The summed E-state index contributed by atoms with van der Waals surface area (Å²) in [6.07, 6.45) is 1.22. The number of aryl methyl sites for hydroxylation is 1. The second-order valence-electron chi connectivity index (χ2n) is 4.17. The van der Waals surface area contributed by atoms with Gasteiger partial charge in [-0.1, -0.05) is 12.1 Å². The minimum Gasteiger partial charge on any atom is -0.478 e. The van der Waals surface area contributed by atoms with E-state index in [4.69, 9.17) is 10.2 Å². The van der Waals surface area contributed by atoms with Gasteiger partial charge in [-0.3, -0.25) is 0 Å². The van der Waals surface area contributed by atoms with Gasteiger partial charge in [0.1, 0.15) is 5.56 Å². The minimum atomic E-state index is -1.36. The average Bonchev–Trinajstić information content (AvgIpc) is 2.77. The van der Waals surface area contributed by atoms with Gasteiger partial charge in [0.05, 0.1) is 5.69 Å². The van der Waals surface area contributed by atoms with E-state index in [-0.39, 0.29) is 5.56 Å². The van der Waals surface area contributed by atoms with Crippen LogP contribution in [0.3, 0.4) is 0 Å². The number of hydrogen-bond donors (Lipinski definition) is 2. The van der Waals surface area contributed by atoms with E-state index in [0.29, 0.717) is 5.69 Å². The van der Waals surface area contributed by atoms with Crippen molar-refractivity contribution in [2.24, 2.45) is 0 Å². The summed E-state index contributed by atoms with van der Waals surface area (Å²) in [5.41, 5.74) is 1.80. The Balaban J connectivity index is 2.64. The third-order valence-electron chi connectivity index (χ3n) is 2.97. The van der Waals surface area contributed by atoms with E-state index in [9.17, 15) is 9.59 Å². The fourth-order valence-electron chi connectivity index (χ4n) is 1.80. The van der Waals surface area contributed by atoms with Crippen molar-refractivity contribution in [3.05, 3.63) is 46.8 Å². The summed E-state index contributed by atoms with van der Waals surface area (Å²) in [5.74, 6) is -2.67. The van der Waals surface area contributed by atoms with E-state index in [1.54, 1.807) is 12.1 Å². The van der Waals surface area contributed by atoms with Crippen molar-refractivity contribution < 1.29 is 19.8 Å². The van der Waals surface area contributed by atoms with Crippen molar-refractivity contribution in [1.82, 2.24) is 9.78 Å². The summed E-state index contributed by atoms with van der Waals surface area (Å²) in [4.78, 5) is 22.0. The van der Waals surface area contributed by atoms with Gasteiger partial charge >= 0.3 is 11.9 Å². The predicted molar refractivity (Wildman–Crippen MR) is 67.0 cm³/mol. The molecule has 0 saturated carbocycles. The summed E-state index contributed by atoms with van der Waals surface area (Å²) >= 11 is 0. The molecular formula is C13H12N2O4. The van der Waals surface area contributed by atoms with Crippen molar-refractivity contribution in [3.8, 4) is 5.69 Å². The molecular weight excluding hydrogens is 248 g/mol. The topological polar surface area (TPSA) is 92.4 Å². The Morgan fingerprint density at radius 1 is 1.16 bits per heavy atom. The molecule has 0 saturated heterocycles. The molecule has 0 atom stereocenters. The standard InChI is InChI=1S/C13H12N2O4/c1-7-4-3-5-10(8(7)2)15-6-9(12(16)17)11(14-15)13(18)19/h3-6H,1-2H3,(H,16,17)(H,18,19). The Hall–Kier alpha value is -2.63. The molecule has 1 heterocycles. The maximum absolute atomic E-state index is 11.0. The van der Waals surface area contributed by atoms with Crippen LogP contribution < -0.4 is 0 Å². The van der Waals surface area contributed by atoms with Crippen molar-refractivity contribution in [2.75, 3.05) is 0 Å². The van der Waals surface area contributed by atoms with Gasteiger partial charge in [0, 0.05) is 6.20 Å². The van der Waals surface area contributed by atoms with Gasteiger partial charge in [0.2, 0.25) is 0 Å². The molecule has 1 aromatic carbocycles. The molecule has 0 aliphatic carbocycles. The summed E-state index contributed by atoms with van der Waals surface area (Å²) in [6.45, 7) is 3.78. The number of carboxylic acids is 2. The van der Waals surface area contributed by atoms with E-state index in [1.165, 1.54) is 10.9 Å². The Bertz CT molecular complexity index is 642. The van der Waals surface area contributed by atoms with Crippen LogP contribution >= 0.6 is 0 Å². The number of hydrogen-bond acceptors (Lipinski definition) is 3. The lowest BCUT2D eigenvalue weighted by Gasteiger charge is -2.07. The highest BCUT2D eigenvalue weighted by Crippen LogP contribution is 2.19. The summed E-state index contributed by atoms with van der Waals surface area (Å²) < 4.78 is 1.29. The zero-order valence-corrected chi connectivity index (χ0v) is 10.4. The Morgan fingerprint density at radius 3 is 2.37 bits per heavy atom. The third kappa shape index (κ3) is 2.20. The number of carboxylic acid groups (broad SMARTS) is 2. The highest BCUT2D eigenvalue weighted by molar-refractivity contribution is 6.00. The molecule has 98 valence electrons. The molecule has 1 aromatic heterocycles. The highest BCUT2D eigenvalue weighted by atomic mass is 16.4. The summed E-state index contributed by atoms with van der Waals surface area (Å²) in [5, 5.41) is 21.8. The van der Waals surface area contributed by atoms with E-state index in [2.05, 4.69) is 5.10 Å². The van der Waals surface area contributed by atoms with Crippen LogP contribution in [0.4, 0.5) is 0 Å². The van der Waals surface area contributed by atoms with E-state index < -0.39 is 17.6 Å². The lowest BCUT2D eigenvalue weighted by molar-refractivity contribution is 0.0648. The third-order valence-corrected chi connectivity index (χ3v) is 2.97. The second-order valence-corrected chi connectivity index (χ2v) is 4.17. The lowest BCUT2D eigenvalue weighted by atomic mass is 10.1. The van der Waals surface area contributed by atoms with Gasteiger partial charge in [0.25, 0.3) is 0 Å². The van der Waals surface area contributed by atoms with Crippen LogP contribution in [0.25, 0.3) is 5.69 Å². The van der Waals surface area contributed by atoms with Gasteiger partial charge in [-0.15, -0.1) is 0 Å². The Labute approximate surface area is 108 Å². The first-order valence-electron chi connectivity index (χ1n) is 5.54. The second kappa shape index (κ2) is 4.56. The maximum atomic E-state index is 11.0. The van der Waals surface area contributed by atoms with Crippen molar-refractivity contribution in [1.29, 1.82) is 0 Å². The van der Waals surface area contributed by atoms with Crippen molar-refractivity contribution in [3.63, 3.8) is 0 Å². The van der Waals surface area contributed by atoms with Crippen LogP contribution in [0.1, 0.15) is 32.0 Å². The number of benzene rings is 1. The zero-order valence-electron chi connectivity index (χ0n) is 10.4. The molecule has 19 heavy (non-hydrogen) atoms. The highest BCUT2D eigenvalue weighted by Gasteiger charge is 2.22. The smallest absolute Gasteiger partial charge is 0.357 e. The van der Waals surface area contributed by atoms with Gasteiger partial charge in [-0.05, 0) is 31.0 Å². The fourth-order valence-corrected chi connectivity index (χ4v) is 1.80. The number of carbonyl (C=O) groups is 2. The molecule has 2 aromatic rings. The predicted octanol–water partition coefficient (Wildman–Crippen LogP) is 1.89. The molecule has 0 aliphatic heterocycles. The van der Waals surface area contributed by atoms with Crippen LogP contribution in [0.5, 0.6) is 0 Å². The van der Waals surface area contributed by atoms with Gasteiger partial charge in [-0.25, -0.2) is 14.3 Å². The quantitative estimate of drug-likeness (QED) is 0.879. The van der Waals surface area contributed by atoms with Crippen LogP contribution in [-0.4, -0.2) is 31.9 Å². The molecule has 6 heteroatoms. The zero-order chi connectivity index (χ0) is 14.2. The molecule has 0 unspecified atom stereocenters. The first-order valence-corrected chi connectivity index (χ1v) is 5.54. The molecule has 0 radical (unpaired) electrons. The molecule has 0 amide bonds. The van der Waals surface area contributed by atoms with Crippen LogP contribution in [0, 0.1) is 13.8 Å². The van der Waals surface area contributed by atoms with E-state index in [0.717, 1.165) is 11.1 Å². The van der Waals surface area contributed by atoms with E-state index in [1.807, 2.05) is 19.9 Å². The molecule has 0 bridgehead atoms. The minimum absolute atomic E-state index is 0.326. The number of aromatic nitrogens is 2. The molecule has 2 N–H and O–H groups in total. The number of aromatic carboxylic acids is 2. The van der Waals surface area contributed by atoms with E-state index >= 15 is 0 Å². The molecule has 0 fully saturated rings. The largest absolute Gasteiger partial charge is 0.478 e. The molecule has 0 spiro atoms. The summed E-state index contributed by atoms with van der Waals surface area (Å²) in [7, 11) is 0. The molecule has 0 aliphatic rings. The van der Waals surface area contributed by atoms with Crippen molar-refractivity contribution >= 4 is 11.9 Å². The van der Waals surface area contributed by atoms with Gasteiger partial charge in [-0.2, -0.15) is 5.10 Å². The molecule has 6 nitrogen and oxygen atoms in total. The van der Waals surface area contributed by atoms with Crippen LogP contribution in [0.15, 0.2) is 24.4 Å².